The van der Waals surface area contributed by atoms with Crippen LogP contribution in [0.25, 0.3) is 0 Å². The fraction of sp³-hybridized carbons (Fsp3) is 0.556. The molecule has 3 rings (SSSR count). The Kier molecular flexibility index (Phi) is 4.62. The Morgan fingerprint density at radius 3 is 1.45 bits per heavy atom. The normalized spacial score (nSPS) is 27.6. The fourth-order valence-corrected chi connectivity index (χ4v) is 3.19. The topological polar surface area (TPSA) is 6.48 Å². The second kappa shape index (κ2) is 6.83. The Bertz CT molecular complexity index is 392. The number of piperazine rings is 1. The zero-order valence-electron chi connectivity index (χ0n) is 12.4. The molecule has 20 heavy (non-hydrogen) atoms. The highest BCUT2D eigenvalue weighted by Crippen LogP contribution is 2.20. The van der Waals surface area contributed by atoms with Gasteiger partial charge in [-0.15, -0.1) is 0 Å². The molecule has 2 aliphatic carbocycles. The van der Waals surface area contributed by atoms with Crippen molar-refractivity contribution in [2.24, 2.45) is 0 Å². The van der Waals surface area contributed by atoms with Crippen LogP contribution < -0.4 is 0 Å². The molecule has 1 saturated heterocycles. The van der Waals surface area contributed by atoms with Gasteiger partial charge in [-0.3, -0.25) is 0 Å². The molecule has 0 spiro atoms. The Morgan fingerprint density at radius 1 is 0.650 bits per heavy atom. The first kappa shape index (κ1) is 13.5. The van der Waals surface area contributed by atoms with Gasteiger partial charge in [-0.25, -0.2) is 0 Å². The van der Waals surface area contributed by atoms with Gasteiger partial charge in [0.15, 0.2) is 0 Å². The minimum absolute atomic E-state index is 1.16. The molecule has 2 nitrogen and oxygen atoms in total. The van der Waals surface area contributed by atoms with Gasteiger partial charge >= 0.3 is 0 Å². The van der Waals surface area contributed by atoms with Crippen LogP contribution >= 0.6 is 0 Å². The Labute approximate surface area is 123 Å². The van der Waals surface area contributed by atoms with E-state index >= 15 is 0 Å². The number of hydrogen-bond acceptors (Lipinski definition) is 2. The quantitative estimate of drug-likeness (QED) is 0.703. The van der Waals surface area contributed by atoms with Gasteiger partial charge in [0.05, 0.1) is 0 Å². The number of rotatable bonds is 2. The summed E-state index contributed by atoms with van der Waals surface area (Å²) in [5.41, 5.74) is 3.22. The summed E-state index contributed by atoms with van der Waals surface area (Å²) in [5.74, 6) is 0. The molecular formula is C18H26N2. The number of nitrogens with zero attached hydrogens (tertiary/aromatic N) is 2. The van der Waals surface area contributed by atoms with Gasteiger partial charge in [0.1, 0.15) is 0 Å². The Morgan fingerprint density at radius 2 is 1.10 bits per heavy atom. The molecule has 0 atom stereocenters. The molecule has 0 amide bonds. The van der Waals surface area contributed by atoms with E-state index in [1.165, 1.54) is 51.9 Å². The Hall–Kier alpha value is -1.44. The van der Waals surface area contributed by atoms with Crippen LogP contribution in [0.3, 0.4) is 0 Å². The lowest BCUT2D eigenvalue weighted by Gasteiger charge is -2.35. The lowest BCUT2D eigenvalue weighted by atomic mass is 10.0. The van der Waals surface area contributed by atoms with Gasteiger partial charge in [-0.1, -0.05) is 35.5 Å². The highest BCUT2D eigenvalue weighted by atomic mass is 15.2. The summed E-state index contributed by atoms with van der Waals surface area (Å²) in [6, 6.07) is 0. The molecule has 1 aliphatic heterocycles. The van der Waals surface area contributed by atoms with Crippen LogP contribution in [0.1, 0.15) is 38.5 Å². The molecule has 0 bridgehead atoms. The van der Waals surface area contributed by atoms with Crippen molar-refractivity contribution in [3.05, 3.63) is 47.9 Å². The summed E-state index contributed by atoms with van der Waals surface area (Å²) in [4.78, 5) is 5.04. The zero-order chi connectivity index (χ0) is 13.6. The van der Waals surface area contributed by atoms with E-state index in [-0.39, 0.29) is 0 Å². The van der Waals surface area contributed by atoms with Crippen molar-refractivity contribution in [2.45, 2.75) is 38.5 Å². The van der Waals surface area contributed by atoms with Crippen molar-refractivity contribution in [2.75, 3.05) is 26.2 Å². The maximum absolute atomic E-state index is 2.52. The van der Waals surface area contributed by atoms with Crippen molar-refractivity contribution in [1.82, 2.24) is 9.80 Å². The molecular weight excluding hydrogens is 244 g/mol. The summed E-state index contributed by atoms with van der Waals surface area (Å²) in [7, 11) is 0. The molecule has 1 fully saturated rings. The summed E-state index contributed by atoms with van der Waals surface area (Å²) < 4.78 is 0. The van der Waals surface area contributed by atoms with Gasteiger partial charge in [0.2, 0.25) is 0 Å². The first-order chi connectivity index (χ1) is 9.90. The van der Waals surface area contributed by atoms with Crippen molar-refractivity contribution in [3.63, 3.8) is 0 Å². The van der Waals surface area contributed by atoms with Crippen molar-refractivity contribution in [1.29, 1.82) is 0 Å². The molecule has 1 heterocycles. The molecule has 108 valence electrons. The summed E-state index contributed by atoms with van der Waals surface area (Å²) in [6.07, 6.45) is 21.4. The summed E-state index contributed by atoms with van der Waals surface area (Å²) in [6.45, 7) is 4.69. The van der Waals surface area contributed by atoms with Crippen LogP contribution in [-0.2, 0) is 0 Å². The third-order valence-corrected chi connectivity index (χ3v) is 4.44. The minimum Gasteiger partial charge on any atom is -0.374 e. The van der Waals surface area contributed by atoms with Crippen LogP contribution in [0, 0.1) is 0 Å². The smallest absolute Gasteiger partial charge is 0.0349 e. The first-order valence-corrected chi connectivity index (χ1v) is 8.07. The van der Waals surface area contributed by atoms with Crippen molar-refractivity contribution in [3.8, 4) is 0 Å². The second-order valence-electron chi connectivity index (χ2n) is 6.08. The Balaban J connectivity index is 1.49. The molecule has 0 aromatic heterocycles. The number of allylic oxidation sites excluding steroid dienone is 6. The standard InChI is InChI=1S/C18H26N2/c1-3-7-17(8-4-1)15-19-11-13-20(14-12-19)16-18-9-5-2-6-10-18/h1-3,5,15-16H,4,6-14H2. The van der Waals surface area contributed by atoms with E-state index in [0.717, 1.165) is 12.8 Å². The molecule has 3 aliphatic rings. The summed E-state index contributed by atoms with van der Waals surface area (Å²) >= 11 is 0. The van der Waals surface area contributed by atoms with Crippen LogP contribution in [0.5, 0.6) is 0 Å². The maximum Gasteiger partial charge on any atom is 0.0349 e. The maximum atomic E-state index is 2.52. The fourth-order valence-electron chi connectivity index (χ4n) is 3.19. The molecule has 0 aromatic rings. The van der Waals surface area contributed by atoms with E-state index in [2.05, 4.69) is 46.5 Å². The second-order valence-corrected chi connectivity index (χ2v) is 6.08. The van der Waals surface area contributed by atoms with Crippen LogP contribution in [-0.4, -0.2) is 36.0 Å². The van der Waals surface area contributed by atoms with E-state index in [1.807, 2.05) is 0 Å². The zero-order valence-corrected chi connectivity index (χ0v) is 12.4. The van der Waals surface area contributed by atoms with Gasteiger partial charge in [0.25, 0.3) is 0 Å². The third kappa shape index (κ3) is 3.78. The predicted molar refractivity (Wildman–Crippen MR) is 85.3 cm³/mol. The average molecular weight is 270 g/mol. The van der Waals surface area contributed by atoms with Crippen LogP contribution in [0.4, 0.5) is 0 Å². The molecule has 0 unspecified atom stereocenters. The lowest BCUT2D eigenvalue weighted by Crippen LogP contribution is -2.41. The molecule has 0 aromatic carbocycles. The monoisotopic (exact) mass is 270 g/mol. The van der Waals surface area contributed by atoms with Crippen molar-refractivity contribution < 1.29 is 0 Å². The van der Waals surface area contributed by atoms with E-state index in [1.54, 1.807) is 11.1 Å². The van der Waals surface area contributed by atoms with E-state index in [4.69, 9.17) is 0 Å². The van der Waals surface area contributed by atoms with Gasteiger partial charge in [-0.05, 0) is 50.9 Å². The largest absolute Gasteiger partial charge is 0.374 e. The predicted octanol–water partition coefficient (Wildman–Crippen LogP) is 3.85. The summed E-state index contributed by atoms with van der Waals surface area (Å²) in [5, 5.41) is 0. The number of hydrogen-bond donors (Lipinski definition) is 0. The third-order valence-electron chi connectivity index (χ3n) is 4.44. The van der Waals surface area contributed by atoms with Gasteiger partial charge in [0, 0.05) is 26.2 Å². The van der Waals surface area contributed by atoms with Gasteiger partial charge < -0.3 is 9.80 Å². The molecule has 0 N–H and O–H groups in total. The lowest BCUT2D eigenvalue weighted by molar-refractivity contribution is 0.215. The van der Waals surface area contributed by atoms with Crippen LogP contribution in [0.15, 0.2) is 47.9 Å². The first-order valence-electron chi connectivity index (χ1n) is 8.07. The van der Waals surface area contributed by atoms with Crippen molar-refractivity contribution >= 4 is 0 Å². The van der Waals surface area contributed by atoms with E-state index in [0.29, 0.717) is 0 Å². The average Bonchev–Trinajstić information content (AvgIpc) is 2.51. The van der Waals surface area contributed by atoms with E-state index < -0.39 is 0 Å². The van der Waals surface area contributed by atoms with E-state index in [9.17, 15) is 0 Å². The molecule has 0 radical (unpaired) electrons. The molecule has 0 saturated carbocycles. The van der Waals surface area contributed by atoms with Crippen LogP contribution in [0.2, 0.25) is 0 Å². The highest BCUT2D eigenvalue weighted by molar-refractivity contribution is 5.14. The van der Waals surface area contributed by atoms with Gasteiger partial charge in [-0.2, -0.15) is 0 Å². The minimum atomic E-state index is 1.16. The highest BCUT2D eigenvalue weighted by Gasteiger charge is 2.14. The SMILES string of the molecule is C1=CCC(=CN2CCN(C=C3CC=CCC3)CC2)CC1. The molecule has 2 heteroatoms.